The Labute approximate surface area is 194 Å². The molecule has 2 aliphatic rings. The predicted molar refractivity (Wildman–Crippen MR) is 123 cm³/mol. The number of nitrogens with one attached hydrogen (secondary N) is 2. The number of pyridine rings is 1. The molecule has 32 heavy (non-hydrogen) atoms. The lowest BCUT2D eigenvalue weighted by atomic mass is 10.2. The highest BCUT2D eigenvalue weighted by molar-refractivity contribution is 6.40. The third kappa shape index (κ3) is 4.02. The molecule has 11 heteroatoms. The Morgan fingerprint density at radius 2 is 1.75 bits per heavy atom. The van der Waals surface area contributed by atoms with E-state index in [2.05, 4.69) is 42.6 Å². The van der Waals surface area contributed by atoms with E-state index in [0.29, 0.717) is 11.6 Å². The number of carbonyl (C=O) groups is 1. The average molecular weight is 472 g/mol. The summed E-state index contributed by atoms with van der Waals surface area (Å²) in [6, 6.07) is 8.07. The van der Waals surface area contributed by atoms with Crippen molar-refractivity contribution in [3.05, 3.63) is 58.5 Å². The van der Waals surface area contributed by atoms with Gasteiger partial charge < -0.3 is 20.3 Å². The third-order valence-corrected chi connectivity index (χ3v) is 5.82. The number of nitrogens with zero attached hydrogens (tertiary/aromatic N) is 5. The fourth-order valence-corrected chi connectivity index (χ4v) is 4.22. The van der Waals surface area contributed by atoms with Crippen LogP contribution in [0.1, 0.15) is 10.4 Å². The zero-order chi connectivity index (χ0) is 22.1. The molecule has 1 saturated heterocycles. The first-order chi connectivity index (χ1) is 15.6. The van der Waals surface area contributed by atoms with Gasteiger partial charge in [0.05, 0.1) is 15.7 Å². The first-order valence-electron chi connectivity index (χ1n) is 10.0. The van der Waals surface area contributed by atoms with Gasteiger partial charge in [0.1, 0.15) is 5.56 Å². The van der Waals surface area contributed by atoms with Gasteiger partial charge in [-0.15, -0.1) is 0 Å². The topological polar surface area (TPSA) is 95.5 Å². The summed E-state index contributed by atoms with van der Waals surface area (Å²) in [7, 11) is 0. The maximum atomic E-state index is 13.0. The minimum atomic E-state index is -0.354. The molecule has 2 aromatic heterocycles. The number of rotatable bonds is 4. The zero-order valence-electron chi connectivity index (χ0n) is 16.9. The standard InChI is InChI=1S/C21H19Cl2N7O2/c22-16-10-25-11-17(23)18(16)30-12-32-19-15(20(30)31)9-26-21(28-19)27-13-1-3-14(4-2-13)29-7-5-24-6-8-29/h1-4,9-11,24H,5-8,12H2,(H,26,27,28). The van der Waals surface area contributed by atoms with Crippen LogP contribution in [0.4, 0.5) is 23.0 Å². The summed E-state index contributed by atoms with van der Waals surface area (Å²) in [4.78, 5) is 29.2. The van der Waals surface area contributed by atoms with Crippen LogP contribution in [0.25, 0.3) is 0 Å². The van der Waals surface area contributed by atoms with Crippen LogP contribution in [-0.2, 0) is 0 Å². The third-order valence-electron chi connectivity index (χ3n) is 5.26. The number of anilines is 4. The quantitative estimate of drug-likeness (QED) is 0.597. The number of hydrogen-bond donors (Lipinski definition) is 2. The molecule has 0 saturated carbocycles. The predicted octanol–water partition coefficient (Wildman–Crippen LogP) is 3.33. The number of hydrogen-bond acceptors (Lipinski definition) is 8. The van der Waals surface area contributed by atoms with E-state index >= 15 is 0 Å². The van der Waals surface area contributed by atoms with Crippen LogP contribution in [0.2, 0.25) is 10.0 Å². The highest BCUT2D eigenvalue weighted by Gasteiger charge is 2.31. The molecule has 2 aliphatic heterocycles. The molecule has 0 radical (unpaired) electrons. The van der Waals surface area contributed by atoms with Crippen molar-refractivity contribution in [3.63, 3.8) is 0 Å². The van der Waals surface area contributed by atoms with E-state index in [1.54, 1.807) is 0 Å². The number of benzene rings is 1. The van der Waals surface area contributed by atoms with Gasteiger partial charge in [-0.3, -0.25) is 14.7 Å². The highest BCUT2D eigenvalue weighted by atomic mass is 35.5. The van der Waals surface area contributed by atoms with Crippen molar-refractivity contribution >= 4 is 52.1 Å². The molecule has 1 aromatic carbocycles. The molecule has 0 unspecified atom stereocenters. The molecule has 0 bridgehead atoms. The van der Waals surface area contributed by atoms with Gasteiger partial charge in [-0.2, -0.15) is 4.98 Å². The second kappa shape index (κ2) is 8.78. The summed E-state index contributed by atoms with van der Waals surface area (Å²) < 4.78 is 5.71. The first-order valence-corrected chi connectivity index (χ1v) is 10.8. The van der Waals surface area contributed by atoms with Gasteiger partial charge in [-0.25, -0.2) is 4.98 Å². The smallest absolute Gasteiger partial charge is 0.268 e. The Morgan fingerprint density at radius 3 is 2.47 bits per heavy atom. The number of halogens is 2. The van der Waals surface area contributed by atoms with Gasteiger partial charge >= 0.3 is 0 Å². The molecule has 4 heterocycles. The molecule has 5 rings (SSSR count). The normalized spacial score (nSPS) is 15.9. The summed E-state index contributed by atoms with van der Waals surface area (Å²) in [5.41, 5.74) is 2.57. The summed E-state index contributed by atoms with van der Waals surface area (Å²) in [6.07, 6.45) is 4.27. The number of aromatic nitrogens is 3. The van der Waals surface area contributed by atoms with Crippen molar-refractivity contribution in [2.75, 3.05) is 48.0 Å². The number of carbonyl (C=O) groups excluding carboxylic acids is 1. The molecular formula is C21H19Cl2N7O2. The van der Waals surface area contributed by atoms with Gasteiger partial charge in [0, 0.05) is 56.1 Å². The van der Waals surface area contributed by atoms with Crippen LogP contribution in [0.3, 0.4) is 0 Å². The highest BCUT2D eigenvalue weighted by Crippen LogP contribution is 2.36. The monoisotopic (exact) mass is 471 g/mol. The number of piperazine rings is 1. The average Bonchev–Trinajstić information content (AvgIpc) is 2.81. The zero-order valence-corrected chi connectivity index (χ0v) is 18.4. The van der Waals surface area contributed by atoms with E-state index < -0.39 is 0 Å². The van der Waals surface area contributed by atoms with Crippen molar-refractivity contribution in [2.24, 2.45) is 0 Å². The Bertz CT molecular complexity index is 1130. The van der Waals surface area contributed by atoms with E-state index in [4.69, 9.17) is 27.9 Å². The van der Waals surface area contributed by atoms with Crippen molar-refractivity contribution in [1.29, 1.82) is 0 Å². The maximum Gasteiger partial charge on any atom is 0.268 e. The lowest BCUT2D eigenvalue weighted by molar-refractivity contribution is 0.0932. The van der Waals surface area contributed by atoms with Gasteiger partial charge in [-0.1, -0.05) is 23.2 Å². The number of ether oxygens (including phenoxy) is 1. The van der Waals surface area contributed by atoms with E-state index in [9.17, 15) is 4.79 Å². The van der Waals surface area contributed by atoms with Gasteiger partial charge in [0.15, 0.2) is 6.73 Å². The second-order valence-electron chi connectivity index (χ2n) is 7.28. The Hall–Kier alpha value is -3.14. The van der Waals surface area contributed by atoms with Gasteiger partial charge in [0.25, 0.3) is 5.91 Å². The fraction of sp³-hybridized carbons (Fsp3) is 0.238. The molecule has 0 spiro atoms. The summed E-state index contributed by atoms with van der Waals surface area (Å²) in [6.45, 7) is 3.86. The van der Waals surface area contributed by atoms with Crippen LogP contribution in [0.15, 0.2) is 42.9 Å². The Kier molecular flexibility index (Phi) is 5.69. The first kappa shape index (κ1) is 20.7. The SMILES string of the molecule is O=C1c2cnc(Nc3ccc(N4CCNCC4)cc3)nc2OCN1c1c(Cl)cncc1Cl. The van der Waals surface area contributed by atoms with E-state index in [1.165, 1.54) is 29.2 Å². The van der Waals surface area contributed by atoms with Crippen molar-refractivity contribution in [2.45, 2.75) is 0 Å². The van der Waals surface area contributed by atoms with Crippen LogP contribution in [-0.4, -0.2) is 53.8 Å². The minimum Gasteiger partial charge on any atom is -0.455 e. The largest absolute Gasteiger partial charge is 0.455 e. The molecule has 9 nitrogen and oxygen atoms in total. The number of amides is 1. The Balaban J connectivity index is 1.32. The van der Waals surface area contributed by atoms with Gasteiger partial charge in [0.2, 0.25) is 11.8 Å². The number of fused-ring (bicyclic) bond motifs is 1. The minimum absolute atomic E-state index is 0.0782. The van der Waals surface area contributed by atoms with Crippen LogP contribution < -0.4 is 25.2 Å². The summed E-state index contributed by atoms with van der Waals surface area (Å²) in [5, 5.41) is 7.00. The fourth-order valence-electron chi connectivity index (χ4n) is 3.65. The van der Waals surface area contributed by atoms with Crippen molar-refractivity contribution < 1.29 is 9.53 Å². The summed E-state index contributed by atoms with van der Waals surface area (Å²) in [5.74, 6) is 0.176. The lowest BCUT2D eigenvalue weighted by Gasteiger charge is -2.29. The molecule has 0 aliphatic carbocycles. The summed E-state index contributed by atoms with van der Waals surface area (Å²) >= 11 is 12.4. The van der Waals surface area contributed by atoms with Crippen LogP contribution >= 0.6 is 23.2 Å². The lowest BCUT2D eigenvalue weighted by Crippen LogP contribution is -2.43. The van der Waals surface area contributed by atoms with E-state index in [-0.39, 0.29) is 34.1 Å². The second-order valence-corrected chi connectivity index (χ2v) is 8.09. The van der Waals surface area contributed by atoms with Gasteiger partial charge in [-0.05, 0) is 24.3 Å². The van der Waals surface area contributed by atoms with E-state index in [0.717, 1.165) is 31.9 Å². The van der Waals surface area contributed by atoms with Crippen LogP contribution in [0.5, 0.6) is 5.88 Å². The molecule has 1 amide bonds. The van der Waals surface area contributed by atoms with Crippen molar-refractivity contribution in [3.8, 4) is 5.88 Å². The molecule has 2 N–H and O–H groups in total. The molecule has 164 valence electrons. The van der Waals surface area contributed by atoms with Crippen molar-refractivity contribution in [1.82, 2.24) is 20.3 Å². The Morgan fingerprint density at radius 1 is 1.03 bits per heavy atom. The maximum absolute atomic E-state index is 13.0. The van der Waals surface area contributed by atoms with Crippen LogP contribution in [0, 0.1) is 0 Å². The molecule has 1 fully saturated rings. The van der Waals surface area contributed by atoms with E-state index in [1.807, 2.05) is 12.1 Å². The molecule has 0 atom stereocenters. The molecular weight excluding hydrogens is 453 g/mol. The molecule has 3 aromatic rings.